The fourth-order valence-electron chi connectivity index (χ4n) is 3.68. The number of anilines is 2. The van der Waals surface area contributed by atoms with Gasteiger partial charge in [-0.2, -0.15) is 13.2 Å². The van der Waals surface area contributed by atoms with Gasteiger partial charge in [0.25, 0.3) is 0 Å². The van der Waals surface area contributed by atoms with Crippen molar-refractivity contribution in [1.29, 1.82) is 0 Å². The number of hydrogen-bond acceptors (Lipinski definition) is 6. The zero-order valence-corrected chi connectivity index (χ0v) is 16.9. The number of halogens is 4. The van der Waals surface area contributed by atoms with Crippen molar-refractivity contribution in [3.63, 3.8) is 0 Å². The predicted molar refractivity (Wildman–Crippen MR) is 105 cm³/mol. The molecule has 0 spiro atoms. The van der Waals surface area contributed by atoms with Crippen LogP contribution in [-0.4, -0.2) is 47.0 Å². The Morgan fingerprint density at radius 1 is 1.19 bits per heavy atom. The monoisotopic (exact) mass is 455 g/mol. The quantitative estimate of drug-likeness (QED) is 0.581. The van der Waals surface area contributed by atoms with Gasteiger partial charge in [-0.15, -0.1) is 0 Å². The van der Waals surface area contributed by atoms with Gasteiger partial charge in [-0.05, 0) is 37.7 Å². The van der Waals surface area contributed by atoms with Crippen molar-refractivity contribution < 1.29 is 36.9 Å². The summed E-state index contributed by atoms with van der Waals surface area (Å²) in [5, 5.41) is 12.2. The van der Waals surface area contributed by atoms with E-state index in [1.165, 1.54) is 6.20 Å². The van der Waals surface area contributed by atoms with Crippen LogP contribution in [0.3, 0.4) is 0 Å². The highest BCUT2D eigenvalue weighted by Crippen LogP contribution is 2.42. The van der Waals surface area contributed by atoms with E-state index in [-0.39, 0.29) is 34.7 Å². The second kappa shape index (κ2) is 8.89. The molecule has 2 aromatic rings. The Labute approximate surface area is 180 Å². The van der Waals surface area contributed by atoms with Crippen LogP contribution in [0.25, 0.3) is 0 Å². The number of alkyl halides is 3. The zero-order valence-electron chi connectivity index (χ0n) is 16.9. The molecule has 1 saturated carbocycles. The lowest BCUT2D eigenvalue weighted by Gasteiger charge is -2.26. The second-order valence-corrected chi connectivity index (χ2v) is 7.86. The number of nitrogens with zero attached hydrogens (tertiary/aromatic N) is 2. The third-order valence-corrected chi connectivity index (χ3v) is 5.37. The smallest absolute Gasteiger partial charge is 0.422 e. The lowest BCUT2D eigenvalue weighted by Crippen LogP contribution is -2.22. The first-order valence-electron chi connectivity index (χ1n) is 10.2. The molecular weight excluding hydrogens is 434 g/mol. The van der Waals surface area contributed by atoms with E-state index in [4.69, 9.17) is 9.47 Å². The first-order valence-corrected chi connectivity index (χ1v) is 10.2. The van der Waals surface area contributed by atoms with Crippen LogP contribution in [0.2, 0.25) is 0 Å². The standard InChI is InChI=1S/C21H21F4N3O4/c22-13-7-14(11-3-5-31-6-4-11)18(32-10-21(23,24)25)15(8-13)28-19-17(20(29)30)27-16(9-26-19)12-1-2-12/h7-9,11-12H,1-6,10H2,(H,26,28)(H,29,30). The Kier molecular flexibility index (Phi) is 6.18. The first-order chi connectivity index (χ1) is 15.2. The normalized spacial score (nSPS) is 17.2. The Hall–Kier alpha value is -2.95. The molecule has 172 valence electrons. The van der Waals surface area contributed by atoms with Gasteiger partial charge >= 0.3 is 12.1 Å². The van der Waals surface area contributed by atoms with E-state index in [0.29, 0.717) is 31.7 Å². The summed E-state index contributed by atoms with van der Waals surface area (Å²) in [5.74, 6) is -2.59. The van der Waals surface area contributed by atoms with Gasteiger partial charge in [-0.25, -0.2) is 19.2 Å². The van der Waals surface area contributed by atoms with Gasteiger partial charge in [-0.3, -0.25) is 0 Å². The molecule has 11 heteroatoms. The summed E-state index contributed by atoms with van der Waals surface area (Å²) in [6.07, 6.45) is -0.455. The van der Waals surface area contributed by atoms with Crippen molar-refractivity contribution in [3.8, 4) is 5.75 Å². The van der Waals surface area contributed by atoms with Crippen LogP contribution in [0.15, 0.2) is 18.3 Å². The van der Waals surface area contributed by atoms with Crippen LogP contribution >= 0.6 is 0 Å². The molecule has 4 rings (SSSR count). The molecule has 0 amide bonds. The van der Waals surface area contributed by atoms with Gasteiger partial charge < -0.3 is 19.9 Å². The molecule has 2 fully saturated rings. The summed E-state index contributed by atoms with van der Waals surface area (Å²) in [4.78, 5) is 19.9. The zero-order chi connectivity index (χ0) is 22.9. The molecule has 1 saturated heterocycles. The summed E-state index contributed by atoms with van der Waals surface area (Å²) in [5.41, 5.74) is 0.253. The number of carboxylic acids is 1. The van der Waals surface area contributed by atoms with E-state index in [0.717, 1.165) is 25.0 Å². The Balaban J connectivity index is 1.73. The average Bonchev–Trinajstić information content (AvgIpc) is 3.58. The Morgan fingerprint density at radius 2 is 1.91 bits per heavy atom. The number of carbonyl (C=O) groups is 1. The summed E-state index contributed by atoms with van der Waals surface area (Å²) in [6, 6.07) is 2.10. The number of benzene rings is 1. The molecule has 2 N–H and O–H groups in total. The number of hydrogen-bond donors (Lipinski definition) is 2. The van der Waals surface area contributed by atoms with Crippen LogP contribution in [0.1, 0.15) is 59.3 Å². The number of aromatic carboxylic acids is 1. The predicted octanol–water partition coefficient (Wildman–Crippen LogP) is 4.77. The summed E-state index contributed by atoms with van der Waals surface area (Å²) < 4.78 is 63.6. The Morgan fingerprint density at radius 3 is 2.53 bits per heavy atom. The summed E-state index contributed by atoms with van der Waals surface area (Å²) >= 11 is 0. The van der Waals surface area contributed by atoms with Gasteiger partial charge in [-0.1, -0.05) is 0 Å². The van der Waals surface area contributed by atoms with Crippen molar-refractivity contribution in [2.75, 3.05) is 25.1 Å². The van der Waals surface area contributed by atoms with E-state index in [2.05, 4.69) is 15.3 Å². The van der Waals surface area contributed by atoms with Crippen molar-refractivity contribution in [1.82, 2.24) is 9.97 Å². The minimum atomic E-state index is -4.61. The number of nitrogens with one attached hydrogen (secondary N) is 1. The summed E-state index contributed by atoms with van der Waals surface area (Å²) in [6.45, 7) is -0.804. The molecule has 1 aliphatic heterocycles. The highest BCUT2D eigenvalue weighted by Gasteiger charge is 2.32. The van der Waals surface area contributed by atoms with Crippen LogP contribution < -0.4 is 10.1 Å². The third-order valence-electron chi connectivity index (χ3n) is 5.37. The second-order valence-electron chi connectivity index (χ2n) is 7.86. The van der Waals surface area contributed by atoms with Crippen molar-refractivity contribution in [2.24, 2.45) is 0 Å². The Bertz CT molecular complexity index is 1010. The number of carboxylic acid groups (broad SMARTS) is 1. The molecule has 0 unspecified atom stereocenters. The third kappa shape index (κ3) is 5.26. The molecule has 0 radical (unpaired) electrons. The van der Waals surface area contributed by atoms with Gasteiger partial charge in [0.1, 0.15) is 11.6 Å². The number of ether oxygens (including phenoxy) is 2. The molecule has 7 nitrogen and oxygen atoms in total. The maximum Gasteiger partial charge on any atom is 0.422 e. The number of aromatic nitrogens is 2. The van der Waals surface area contributed by atoms with Gasteiger partial charge in [0.2, 0.25) is 0 Å². The van der Waals surface area contributed by atoms with Crippen LogP contribution in [0, 0.1) is 5.82 Å². The van der Waals surface area contributed by atoms with Crippen molar-refractivity contribution >= 4 is 17.5 Å². The van der Waals surface area contributed by atoms with E-state index in [1.807, 2.05) is 0 Å². The first kappa shape index (κ1) is 22.3. The molecule has 1 aromatic heterocycles. The minimum Gasteiger partial charge on any atom is -0.482 e. The molecular formula is C21H21F4N3O4. The fourth-order valence-corrected chi connectivity index (χ4v) is 3.68. The maximum absolute atomic E-state index is 14.5. The van der Waals surface area contributed by atoms with Crippen molar-refractivity contribution in [3.05, 3.63) is 41.1 Å². The number of rotatable bonds is 7. The largest absolute Gasteiger partial charge is 0.482 e. The molecule has 2 aliphatic rings. The van der Waals surface area contributed by atoms with E-state index in [1.54, 1.807) is 0 Å². The van der Waals surface area contributed by atoms with Gasteiger partial charge in [0, 0.05) is 30.8 Å². The topological polar surface area (TPSA) is 93.6 Å². The minimum absolute atomic E-state index is 0.147. The van der Waals surface area contributed by atoms with Gasteiger partial charge in [0.15, 0.2) is 18.1 Å². The van der Waals surface area contributed by atoms with E-state index < -0.39 is 30.3 Å². The molecule has 1 aliphatic carbocycles. The summed E-state index contributed by atoms with van der Waals surface area (Å²) in [7, 11) is 0. The lowest BCUT2D eigenvalue weighted by molar-refractivity contribution is -0.153. The fraction of sp³-hybridized carbons (Fsp3) is 0.476. The van der Waals surface area contributed by atoms with E-state index >= 15 is 0 Å². The lowest BCUT2D eigenvalue weighted by atomic mass is 9.90. The van der Waals surface area contributed by atoms with Crippen LogP contribution in [0.5, 0.6) is 5.75 Å². The molecule has 0 atom stereocenters. The van der Waals surface area contributed by atoms with Gasteiger partial charge in [0.05, 0.1) is 17.6 Å². The van der Waals surface area contributed by atoms with Crippen LogP contribution in [-0.2, 0) is 4.74 Å². The highest BCUT2D eigenvalue weighted by molar-refractivity contribution is 5.92. The van der Waals surface area contributed by atoms with E-state index in [9.17, 15) is 27.5 Å². The average molecular weight is 455 g/mol. The molecule has 1 aromatic carbocycles. The molecule has 32 heavy (non-hydrogen) atoms. The SMILES string of the molecule is O=C(O)c1nc(C2CC2)cnc1Nc1cc(F)cc(C2CCOCC2)c1OCC(F)(F)F. The van der Waals surface area contributed by atoms with Crippen LogP contribution in [0.4, 0.5) is 29.1 Å². The maximum atomic E-state index is 14.5. The molecule has 2 heterocycles. The molecule has 0 bridgehead atoms. The van der Waals surface area contributed by atoms with Crippen molar-refractivity contribution in [2.45, 2.75) is 43.7 Å². The highest BCUT2D eigenvalue weighted by atomic mass is 19.4.